The number of nitrogens with one attached hydrogen (secondary N) is 1. The maximum Gasteiger partial charge on any atom is 0.255 e. The van der Waals surface area contributed by atoms with Gasteiger partial charge < -0.3 is 10.4 Å². The highest BCUT2D eigenvalue weighted by Crippen LogP contribution is 2.55. The Morgan fingerprint density at radius 3 is 2.71 bits per heavy atom. The zero-order valence-electron chi connectivity index (χ0n) is 20.2. The van der Waals surface area contributed by atoms with Crippen LogP contribution in [0.15, 0.2) is 66.9 Å². The van der Waals surface area contributed by atoms with Crippen molar-refractivity contribution in [2.75, 3.05) is 5.32 Å². The summed E-state index contributed by atoms with van der Waals surface area (Å²) in [5.74, 6) is 0.336. The maximum absolute atomic E-state index is 13.0. The first-order valence-electron chi connectivity index (χ1n) is 12.6. The molecular weight excluding hydrogens is 420 g/mol. The molecule has 176 valence electrons. The molecule has 2 N–H and O–H groups in total. The molecule has 1 aromatic heterocycles. The molecule has 5 rings (SSSR count). The third-order valence-corrected chi connectivity index (χ3v) is 8.45. The summed E-state index contributed by atoms with van der Waals surface area (Å²) in [4.78, 5) is 17.3. The lowest BCUT2D eigenvalue weighted by Gasteiger charge is -2.50. The van der Waals surface area contributed by atoms with Crippen molar-refractivity contribution in [2.45, 2.75) is 69.8 Å². The van der Waals surface area contributed by atoms with Gasteiger partial charge in [0.2, 0.25) is 0 Å². The number of aliphatic hydroxyl groups is 1. The van der Waals surface area contributed by atoms with Gasteiger partial charge in [-0.2, -0.15) is 0 Å². The van der Waals surface area contributed by atoms with Gasteiger partial charge in [0.1, 0.15) is 0 Å². The van der Waals surface area contributed by atoms with Gasteiger partial charge in [0, 0.05) is 11.8 Å². The van der Waals surface area contributed by atoms with Crippen molar-refractivity contribution in [1.82, 2.24) is 4.98 Å². The molecule has 3 atom stereocenters. The molecule has 0 saturated heterocycles. The third kappa shape index (κ3) is 3.94. The maximum atomic E-state index is 13.0. The Morgan fingerprint density at radius 1 is 1.12 bits per heavy atom. The lowest BCUT2D eigenvalue weighted by Crippen LogP contribution is -2.46. The number of aromatic nitrogens is 1. The number of fused-ring (bicyclic) bond motifs is 3. The summed E-state index contributed by atoms with van der Waals surface area (Å²) in [7, 11) is 0. The SMILES string of the molecule is CCC12CCC(O)(c3ccccc3)CC1CCCc1cc(C(=O)Nc3cccnc3C)ccc12. The molecule has 1 amide bonds. The van der Waals surface area contributed by atoms with Gasteiger partial charge in [0.05, 0.1) is 17.0 Å². The molecule has 2 aliphatic rings. The fraction of sp³-hybridized carbons (Fsp3) is 0.400. The van der Waals surface area contributed by atoms with Crippen LogP contribution in [0.1, 0.15) is 78.2 Å². The summed E-state index contributed by atoms with van der Waals surface area (Å²) in [6.45, 7) is 4.19. The number of rotatable bonds is 4. The largest absolute Gasteiger partial charge is 0.385 e. The van der Waals surface area contributed by atoms with E-state index in [2.05, 4.69) is 41.5 Å². The van der Waals surface area contributed by atoms with Crippen molar-refractivity contribution >= 4 is 11.6 Å². The highest BCUT2D eigenvalue weighted by Gasteiger charge is 2.50. The van der Waals surface area contributed by atoms with Crippen LogP contribution in [0.5, 0.6) is 0 Å². The summed E-state index contributed by atoms with van der Waals surface area (Å²) < 4.78 is 0. The smallest absolute Gasteiger partial charge is 0.255 e. The van der Waals surface area contributed by atoms with E-state index in [-0.39, 0.29) is 11.3 Å². The van der Waals surface area contributed by atoms with Gasteiger partial charge in [-0.25, -0.2) is 0 Å². The molecule has 3 unspecified atom stereocenters. The number of nitrogens with zero attached hydrogens (tertiary/aromatic N) is 1. The van der Waals surface area contributed by atoms with Crippen LogP contribution in [0.25, 0.3) is 0 Å². The molecule has 0 aliphatic heterocycles. The van der Waals surface area contributed by atoms with Gasteiger partial charge in [-0.1, -0.05) is 43.3 Å². The summed E-state index contributed by atoms with van der Waals surface area (Å²) >= 11 is 0. The average molecular weight is 455 g/mol. The Balaban J connectivity index is 1.45. The number of pyridine rings is 1. The van der Waals surface area contributed by atoms with E-state index in [4.69, 9.17) is 0 Å². The Hall–Kier alpha value is -2.98. The minimum absolute atomic E-state index is 0.0573. The predicted octanol–water partition coefficient (Wildman–Crippen LogP) is 6.31. The van der Waals surface area contributed by atoms with Crippen LogP contribution in [0.3, 0.4) is 0 Å². The lowest BCUT2D eigenvalue weighted by atomic mass is 9.56. The fourth-order valence-corrected chi connectivity index (χ4v) is 6.52. The molecule has 4 heteroatoms. The molecule has 0 bridgehead atoms. The van der Waals surface area contributed by atoms with E-state index in [1.165, 1.54) is 11.1 Å². The zero-order valence-corrected chi connectivity index (χ0v) is 20.2. The normalized spacial score (nSPS) is 26.1. The summed E-state index contributed by atoms with van der Waals surface area (Å²) in [6, 6.07) is 20.2. The molecule has 34 heavy (non-hydrogen) atoms. The van der Waals surface area contributed by atoms with Crippen molar-refractivity contribution in [3.8, 4) is 0 Å². The van der Waals surface area contributed by atoms with Crippen molar-refractivity contribution in [3.05, 3.63) is 94.8 Å². The van der Waals surface area contributed by atoms with E-state index >= 15 is 0 Å². The van der Waals surface area contributed by atoms with Crippen molar-refractivity contribution in [2.24, 2.45) is 5.92 Å². The van der Waals surface area contributed by atoms with Gasteiger partial charge >= 0.3 is 0 Å². The highest BCUT2D eigenvalue weighted by molar-refractivity contribution is 6.04. The number of anilines is 1. The first kappa shape index (κ1) is 22.8. The topological polar surface area (TPSA) is 62.2 Å². The summed E-state index contributed by atoms with van der Waals surface area (Å²) in [6.07, 6.45) is 8.48. The zero-order chi connectivity index (χ0) is 23.8. The van der Waals surface area contributed by atoms with Gasteiger partial charge in [-0.15, -0.1) is 0 Å². The van der Waals surface area contributed by atoms with Crippen LogP contribution < -0.4 is 5.32 Å². The Kier molecular flexibility index (Phi) is 6.03. The molecule has 1 fully saturated rings. The van der Waals surface area contributed by atoms with E-state index in [1.54, 1.807) is 6.20 Å². The molecule has 0 spiro atoms. The molecule has 0 radical (unpaired) electrons. The average Bonchev–Trinajstić information content (AvgIpc) is 3.02. The predicted molar refractivity (Wildman–Crippen MR) is 136 cm³/mol. The molecule has 1 heterocycles. The quantitative estimate of drug-likeness (QED) is 0.485. The van der Waals surface area contributed by atoms with Gasteiger partial charge in [0.25, 0.3) is 5.91 Å². The molecule has 4 nitrogen and oxygen atoms in total. The Labute approximate surface area is 202 Å². The lowest BCUT2D eigenvalue weighted by molar-refractivity contribution is -0.0533. The van der Waals surface area contributed by atoms with Crippen LogP contribution in [-0.4, -0.2) is 16.0 Å². The van der Waals surface area contributed by atoms with E-state index < -0.39 is 5.60 Å². The number of hydrogen-bond acceptors (Lipinski definition) is 3. The molecule has 1 saturated carbocycles. The number of hydrogen-bond donors (Lipinski definition) is 2. The van der Waals surface area contributed by atoms with E-state index in [9.17, 15) is 9.90 Å². The van der Waals surface area contributed by atoms with Crippen molar-refractivity contribution in [3.63, 3.8) is 0 Å². The number of aryl methyl sites for hydroxylation is 2. The Morgan fingerprint density at radius 2 is 1.94 bits per heavy atom. The van der Waals surface area contributed by atoms with E-state index in [0.29, 0.717) is 11.5 Å². The van der Waals surface area contributed by atoms with Gasteiger partial charge in [-0.05, 0) is 104 Å². The van der Waals surface area contributed by atoms with Crippen molar-refractivity contribution < 1.29 is 9.90 Å². The van der Waals surface area contributed by atoms with Crippen LogP contribution in [0.2, 0.25) is 0 Å². The number of amides is 1. The minimum Gasteiger partial charge on any atom is -0.385 e. The van der Waals surface area contributed by atoms with Gasteiger partial charge in [0.15, 0.2) is 0 Å². The van der Waals surface area contributed by atoms with Crippen LogP contribution in [0.4, 0.5) is 5.69 Å². The molecule has 2 aliphatic carbocycles. The second-order valence-electron chi connectivity index (χ2n) is 10.2. The van der Waals surface area contributed by atoms with Crippen LogP contribution in [0, 0.1) is 12.8 Å². The minimum atomic E-state index is -0.753. The second kappa shape index (κ2) is 8.99. The number of carbonyl (C=O) groups is 1. The van der Waals surface area contributed by atoms with Crippen molar-refractivity contribution in [1.29, 1.82) is 0 Å². The first-order chi connectivity index (χ1) is 16.4. The highest BCUT2D eigenvalue weighted by atomic mass is 16.3. The monoisotopic (exact) mass is 454 g/mol. The molecule has 3 aromatic rings. The standard InChI is InChI=1S/C30H34N2O2/c1-3-29-16-17-30(34,24-10-5-4-6-11-24)20-25(29)12-7-9-22-19-23(14-15-26(22)29)28(33)32-27-13-8-18-31-21(27)2/h4-6,8,10-11,13-15,18-19,25,34H,3,7,9,12,16-17,20H2,1-2H3,(H,32,33). The summed E-state index contributed by atoms with van der Waals surface area (Å²) in [5.41, 5.74) is 5.29. The van der Waals surface area contributed by atoms with Crippen LogP contribution in [-0.2, 0) is 17.4 Å². The molecular formula is C30H34N2O2. The third-order valence-electron chi connectivity index (χ3n) is 8.45. The fourth-order valence-electron chi connectivity index (χ4n) is 6.52. The number of carbonyl (C=O) groups excluding carboxylic acids is 1. The summed E-state index contributed by atoms with van der Waals surface area (Å²) in [5, 5.41) is 14.7. The molecule has 2 aromatic carbocycles. The Bertz CT molecular complexity index is 1190. The van der Waals surface area contributed by atoms with E-state index in [0.717, 1.165) is 61.9 Å². The number of benzene rings is 2. The van der Waals surface area contributed by atoms with Gasteiger partial charge in [-0.3, -0.25) is 9.78 Å². The second-order valence-corrected chi connectivity index (χ2v) is 10.2. The first-order valence-corrected chi connectivity index (χ1v) is 12.6. The van der Waals surface area contributed by atoms with Crippen LogP contribution >= 0.6 is 0 Å². The van der Waals surface area contributed by atoms with E-state index in [1.807, 2.05) is 43.3 Å².